The lowest BCUT2D eigenvalue weighted by Gasteiger charge is -2.36. The van der Waals surface area contributed by atoms with Gasteiger partial charge in [-0.05, 0) is 56.5 Å². The topological polar surface area (TPSA) is 15.3 Å². The number of piperidine rings is 1. The van der Waals surface area contributed by atoms with Gasteiger partial charge in [-0.25, -0.2) is 0 Å². The van der Waals surface area contributed by atoms with E-state index >= 15 is 0 Å². The summed E-state index contributed by atoms with van der Waals surface area (Å²) in [7, 11) is 2.14. The first-order valence-corrected chi connectivity index (χ1v) is 7.42. The van der Waals surface area contributed by atoms with Crippen LogP contribution in [0.15, 0.2) is 0 Å². The van der Waals surface area contributed by atoms with E-state index < -0.39 is 0 Å². The maximum absolute atomic E-state index is 3.58. The lowest BCUT2D eigenvalue weighted by Crippen LogP contribution is -2.46. The van der Waals surface area contributed by atoms with Crippen LogP contribution in [-0.4, -0.2) is 37.6 Å². The molecule has 2 aliphatic rings. The van der Waals surface area contributed by atoms with Gasteiger partial charge in [0.2, 0.25) is 0 Å². The molecule has 0 aromatic heterocycles. The van der Waals surface area contributed by atoms with Crippen LogP contribution in [0.25, 0.3) is 0 Å². The Morgan fingerprint density at radius 1 is 1.29 bits per heavy atom. The fourth-order valence-corrected chi connectivity index (χ4v) is 4.12. The molecule has 17 heavy (non-hydrogen) atoms. The number of hydrogen-bond acceptors (Lipinski definition) is 2. The van der Waals surface area contributed by atoms with Crippen molar-refractivity contribution in [3.8, 4) is 0 Å². The molecule has 2 heteroatoms. The van der Waals surface area contributed by atoms with E-state index in [1.54, 1.807) is 0 Å². The third-order valence-electron chi connectivity index (χ3n) is 5.02. The van der Waals surface area contributed by atoms with E-state index in [1.807, 2.05) is 0 Å². The van der Waals surface area contributed by atoms with Gasteiger partial charge in [0.05, 0.1) is 0 Å². The number of rotatable bonds is 3. The van der Waals surface area contributed by atoms with E-state index in [-0.39, 0.29) is 0 Å². The molecule has 1 saturated carbocycles. The predicted molar refractivity (Wildman–Crippen MR) is 74.2 cm³/mol. The van der Waals surface area contributed by atoms with Crippen LogP contribution in [0.4, 0.5) is 0 Å². The molecule has 100 valence electrons. The highest BCUT2D eigenvalue weighted by molar-refractivity contribution is 4.96. The Hall–Kier alpha value is -0.0800. The minimum absolute atomic E-state index is 0.487. The first-order valence-electron chi connectivity index (χ1n) is 7.42. The van der Waals surface area contributed by atoms with Gasteiger partial charge in [-0.15, -0.1) is 0 Å². The van der Waals surface area contributed by atoms with Crippen LogP contribution < -0.4 is 5.32 Å². The Kier molecular flexibility index (Phi) is 4.14. The van der Waals surface area contributed by atoms with Gasteiger partial charge in [0.15, 0.2) is 0 Å². The highest BCUT2D eigenvalue weighted by Gasteiger charge is 2.41. The summed E-state index contributed by atoms with van der Waals surface area (Å²) in [5.74, 6) is 1.77. The fraction of sp³-hybridized carbons (Fsp3) is 1.00. The number of nitrogens with zero attached hydrogens (tertiary/aromatic N) is 1. The minimum atomic E-state index is 0.487. The molecule has 0 spiro atoms. The second-order valence-electron chi connectivity index (χ2n) is 7.06. The second-order valence-corrected chi connectivity index (χ2v) is 7.06. The quantitative estimate of drug-likeness (QED) is 0.813. The molecule has 0 aromatic rings. The first kappa shape index (κ1) is 13.4. The molecule has 1 N–H and O–H groups in total. The van der Waals surface area contributed by atoms with Crippen LogP contribution in [-0.2, 0) is 0 Å². The summed E-state index contributed by atoms with van der Waals surface area (Å²) in [5.41, 5.74) is 0.487. The van der Waals surface area contributed by atoms with Crippen molar-refractivity contribution >= 4 is 0 Å². The fourth-order valence-electron chi connectivity index (χ4n) is 4.12. The van der Waals surface area contributed by atoms with E-state index in [1.165, 1.54) is 45.3 Å². The molecule has 0 aromatic carbocycles. The van der Waals surface area contributed by atoms with Crippen molar-refractivity contribution in [2.75, 3.05) is 26.7 Å². The van der Waals surface area contributed by atoms with Crippen LogP contribution >= 0.6 is 0 Å². The van der Waals surface area contributed by atoms with Crippen molar-refractivity contribution in [1.29, 1.82) is 0 Å². The van der Waals surface area contributed by atoms with Crippen molar-refractivity contribution in [3.05, 3.63) is 0 Å². The summed E-state index contributed by atoms with van der Waals surface area (Å²) in [6.45, 7) is 11.2. The van der Waals surface area contributed by atoms with Crippen LogP contribution in [0.1, 0.15) is 46.5 Å². The van der Waals surface area contributed by atoms with Crippen LogP contribution in [0, 0.1) is 17.3 Å². The molecule has 0 amide bonds. The molecule has 3 atom stereocenters. The molecule has 1 aliphatic heterocycles. The van der Waals surface area contributed by atoms with Gasteiger partial charge in [-0.3, -0.25) is 0 Å². The average Bonchev–Trinajstić information content (AvgIpc) is 2.53. The lowest BCUT2D eigenvalue weighted by atomic mass is 9.84. The SMILES string of the molecule is CNC1C(CN2CCCC(C)C2)CCC1(C)C. The predicted octanol–water partition coefficient (Wildman–Crippen LogP) is 2.74. The Morgan fingerprint density at radius 3 is 2.71 bits per heavy atom. The lowest BCUT2D eigenvalue weighted by molar-refractivity contribution is 0.141. The van der Waals surface area contributed by atoms with Crippen LogP contribution in [0.2, 0.25) is 0 Å². The maximum atomic E-state index is 3.58. The zero-order chi connectivity index (χ0) is 12.5. The van der Waals surface area contributed by atoms with Crippen molar-refractivity contribution in [2.45, 2.75) is 52.5 Å². The second kappa shape index (κ2) is 5.27. The third kappa shape index (κ3) is 3.03. The zero-order valence-electron chi connectivity index (χ0n) is 12.1. The Morgan fingerprint density at radius 2 is 2.06 bits per heavy atom. The smallest absolute Gasteiger partial charge is 0.0156 e. The van der Waals surface area contributed by atoms with Crippen LogP contribution in [0.5, 0.6) is 0 Å². The summed E-state index contributed by atoms with van der Waals surface area (Å²) in [6.07, 6.45) is 5.62. The molecule has 3 unspecified atom stereocenters. The van der Waals surface area contributed by atoms with Gasteiger partial charge in [0.1, 0.15) is 0 Å². The number of likely N-dealkylation sites (tertiary alicyclic amines) is 1. The molecule has 0 radical (unpaired) electrons. The van der Waals surface area contributed by atoms with Crippen LogP contribution in [0.3, 0.4) is 0 Å². The highest BCUT2D eigenvalue weighted by atomic mass is 15.1. The van der Waals surface area contributed by atoms with Gasteiger partial charge in [-0.1, -0.05) is 20.8 Å². The monoisotopic (exact) mass is 238 g/mol. The normalized spacial score (nSPS) is 38.5. The van der Waals surface area contributed by atoms with Gasteiger partial charge >= 0.3 is 0 Å². The van der Waals surface area contributed by atoms with E-state index in [0.29, 0.717) is 11.5 Å². The Bertz CT molecular complexity index is 249. The Labute approximate surface area is 107 Å². The summed E-state index contributed by atoms with van der Waals surface area (Å²) < 4.78 is 0. The van der Waals surface area contributed by atoms with E-state index in [0.717, 1.165) is 11.8 Å². The Balaban J connectivity index is 1.90. The molecule has 1 saturated heterocycles. The van der Waals surface area contributed by atoms with E-state index in [2.05, 4.69) is 38.0 Å². The van der Waals surface area contributed by atoms with Crippen molar-refractivity contribution in [1.82, 2.24) is 10.2 Å². The van der Waals surface area contributed by atoms with E-state index in [9.17, 15) is 0 Å². The molecule has 2 rings (SSSR count). The summed E-state index contributed by atoms with van der Waals surface area (Å²) in [6, 6.07) is 0.708. The van der Waals surface area contributed by atoms with Crippen molar-refractivity contribution in [2.24, 2.45) is 17.3 Å². The number of hydrogen-bond donors (Lipinski definition) is 1. The average molecular weight is 238 g/mol. The minimum Gasteiger partial charge on any atom is -0.316 e. The maximum Gasteiger partial charge on any atom is 0.0156 e. The van der Waals surface area contributed by atoms with Gasteiger partial charge in [0, 0.05) is 19.1 Å². The molecular formula is C15H30N2. The summed E-state index contributed by atoms with van der Waals surface area (Å²) in [5, 5.41) is 3.58. The van der Waals surface area contributed by atoms with Crippen molar-refractivity contribution in [3.63, 3.8) is 0 Å². The highest BCUT2D eigenvalue weighted by Crippen LogP contribution is 2.41. The van der Waals surface area contributed by atoms with E-state index in [4.69, 9.17) is 0 Å². The number of nitrogens with one attached hydrogen (secondary N) is 1. The summed E-state index contributed by atoms with van der Waals surface area (Å²) >= 11 is 0. The van der Waals surface area contributed by atoms with Gasteiger partial charge in [-0.2, -0.15) is 0 Å². The molecule has 2 fully saturated rings. The van der Waals surface area contributed by atoms with Gasteiger partial charge in [0.25, 0.3) is 0 Å². The largest absolute Gasteiger partial charge is 0.316 e. The summed E-state index contributed by atoms with van der Waals surface area (Å²) in [4.78, 5) is 2.71. The molecular weight excluding hydrogens is 208 g/mol. The zero-order valence-corrected chi connectivity index (χ0v) is 12.1. The molecule has 1 aliphatic carbocycles. The van der Waals surface area contributed by atoms with Gasteiger partial charge < -0.3 is 10.2 Å². The molecule has 0 bridgehead atoms. The third-order valence-corrected chi connectivity index (χ3v) is 5.02. The molecule has 1 heterocycles. The first-order chi connectivity index (χ1) is 8.03. The standard InChI is InChI=1S/C15H30N2/c1-12-6-5-9-17(10-12)11-13-7-8-15(2,3)14(13)16-4/h12-14,16H,5-11H2,1-4H3. The van der Waals surface area contributed by atoms with Crippen molar-refractivity contribution < 1.29 is 0 Å². The molecule has 2 nitrogen and oxygen atoms in total.